The van der Waals surface area contributed by atoms with E-state index in [9.17, 15) is 0 Å². The van der Waals surface area contributed by atoms with Gasteiger partial charge in [-0.25, -0.2) is 0 Å². The molecule has 2 aromatic carbocycles. The first-order valence-electron chi connectivity index (χ1n) is 7.39. The molecule has 0 spiro atoms. The molecular weight excluding hydrogens is 378 g/mol. The van der Waals surface area contributed by atoms with Gasteiger partial charge in [0.15, 0.2) is 11.5 Å². The second kappa shape index (κ2) is 9.81. The minimum Gasteiger partial charge on any atom is -0.493 e. The zero-order valence-electron chi connectivity index (χ0n) is 13.7. The Morgan fingerprint density at radius 2 is 1.78 bits per heavy atom. The highest BCUT2D eigenvalue weighted by atomic mass is 79.9. The van der Waals surface area contributed by atoms with Crippen LogP contribution < -0.4 is 14.8 Å². The molecule has 126 valence electrons. The Morgan fingerprint density at radius 3 is 2.39 bits per heavy atom. The minimum atomic E-state index is 0. The van der Waals surface area contributed by atoms with E-state index in [-0.39, 0.29) is 12.4 Å². The molecule has 0 heterocycles. The number of halogens is 2. The van der Waals surface area contributed by atoms with E-state index in [1.165, 1.54) is 11.1 Å². The van der Waals surface area contributed by atoms with Gasteiger partial charge in [0.1, 0.15) is 0 Å². The molecule has 0 bridgehead atoms. The molecular formula is C18H23BrClNO2. The fraction of sp³-hybridized carbons (Fsp3) is 0.333. The van der Waals surface area contributed by atoms with Crippen molar-refractivity contribution in [3.63, 3.8) is 0 Å². The molecule has 0 aromatic heterocycles. The molecule has 0 radical (unpaired) electrons. The second-order valence-corrected chi connectivity index (χ2v) is 6.03. The van der Waals surface area contributed by atoms with Crippen LogP contribution in [0, 0.1) is 6.92 Å². The average molecular weight is 401 g/mol. The van der Waals surface area contributed by atoms with E-state index in [1.807, 2.05) is 13.0 Å². The molecule has 0 amide bonds. The molecule has 0 atom stereocenters. The molecule has 2 aromatic rings. The lowest BCUT2D eigenvalue weighted by molar-refractivity contribution is 0.306. The molecule has 0 aliphatic carbocycles. The van der Waals surface area contributed by atoms with Crippen LogP contribution in [0.15, 0.2) is 40.9 Å². The molecule has 0 unspecified atom stereocenters. The van der Waals surface area contributed by atoms with Crippen molar-refractivity contribution in [3.05, 3.63) is 57.6 Å². The van der Waals surface area contributed by atoms with Crippen LogP contribution in [0.4, 0.5) is 0 Å². The normalized spacial score (nSPS) is 10.1. The lowest BCUT2D eigenvalue weighted by Crippen LogP contribution is -2.14. The molecule has 0 saturated heterocycles. The Morgan fingerprint density at radius 1 is 1.09 bits per heavy atom. The van der Waals surface area contributed by atoms with E-state index in [4.69, 9.17) is 9.47 Å². The second-order valence-electron chi connectivity index (χ2n) is 5.12. The van der Waals surface area contributed by atoms with Crippen molar-refractivity contribution < 1.29 is 9.47 Å². The van der Waals surface area contributed by atoms with Crippen LogP contribution >= 0.6 is 28.3 Å². The molecule has 0 fully saturated rings. The number of hydrogen-bond acceptors (Lipinski definition) is 3. The van der Waals surface area contributed by atoms with Gasteiger partial charge in [-0.05, 0) is 31.5 Å². The number of nitrogens with one attached hydrogen (secondary N) is 1. The van der Waals surface area contributed by atoms with Crippen molar-refractivity contribution in [2.45, 2.75) is 26.9 Å². The molecule has 2 rings (SSSR count). The maximum Gasteiger partial charge on any atom is 0.165 e. The lowest BCUT2D eigenvalue weighted by Gasteiger charge is -2.15. The van der Waals surface area contributed by atoms with Gasteiger partial charge in [-0.15, -0.1) is 12.4 Å². The summed E-state index contributed by atoms with van der Waals surface area (Å²) in [5.74, 6) is 1.56. The summed E-state index contributed by atoms with van der Waals surface area (Å²) >= 11 is 3.52. The Bertz CT molecular complexity index is 617. The fourth-order valence-corrected chi connectivity index (χ4v) is 2.75. The highest BCUT2D eigenvalue weighted by Gasteiger charge is 2.12. The molecule has 1 N–H and O–H groups in total. The van der Waals surface area contributed by atoms with E-state index in [0.717, 1.165) is 34.6 Å². The smallest absolute Gasteiger partial charge is 0.165 e. The molecule has 5 heteroatoms. The quantitative estimate of drug-likeness (QED) is 0.719. The van der Waals surface area contributed by atoms with Crippen molar-refractivity contribution in [3.8, 4) is 11.5 Å². The van der Waals surface area contributed by atoms with E-state index < -0.39 is 0 Å². The van der Waals surface area contributed by atoms with Crippen LogP contribution in [0.25, 0.3) is 0 Å². The van der Waals surface area contributed by atoms with Crippen LogP contribution in [0.5, 0.6) is 11.5 Å². The standard InChI is InChI=1S/C18H22BrNO2.ClH/c1-4-22-18-15(9-16(19)10-17(18)21-3)12-20-11-14-7-5-13(2)6-8-14;/h5-10,20H,4,11-12H2,1-3H3;1H. The van der Waals surface area contributed by atoms with Gasteiger partial charge in [0, 0.05) is 23.1 Å². The molecule has 0 saturated carbocycles. The van der Waals surface area contributed by atoms with Gasteiger partial charge < -0.3 is 14.8 Å². The summed E-state index contributed by atoms with van der Waals surface area (Å²) in [4.78, 5) is 0. The van der Waals surface area contributed by atoms with Gasteiger partial charge in [-0.1, -0.05) is 45.8 Å². The van der Waals surface area contributed by atoms with Gasteiger partial charge in [-0.2, -0.15) is 0 Å². The first-order chi connectivity index (χ1) is 10.6. The Hall–Kier alpha value is -1.23. The molecule has 0 aliphatic heterocycles. The van der Waals surface area contributed by atoms with Gasteiger partial charge in [-0.3, -0.25) is 0 Å². The highest BCUT2D eigenvalue weighted by molar-refractivity contribution is 9.10. The van der Waals surface area contributed by atoms with E-state index in [0.29, 0.717) is 6.61 Å². The maximum absolute atomic E-state index is 5.75. The predicted octanol–water partition coefficient (Wildman–Crippen LogP) is 4.88. The fourth-order valence-electron chi connectivity index (χ4n) is 2.26. The third kappa shape index (κ3) is 5.72. The van der Waals surface area contributed by atoms with Crippen molar-refractivity contribution in [1.82, 2.24) is 5.32 Å². The van der Waals surface area contributed by atoms with Crippen LogP contribution in [0.1, 0.15) is 23.6 Å². The van der Waals surface area contributed by atoms with Crippen molar-refractivity contribution >= 4 is 28.3 Å². The number of aryl methyl sites for hydroxylation is 1. The number of methoxy groups -OCH3 is 1. The summed E-state index contributed by atoms with van der Waals surface area (Å²) in [5, 5.41) is 3.46. The van der Waals surface area contributed by atoms with E-state index in [1.54, 1.807) is 7.11 Å². The number of rotatable bonds is 7. The third-order valence-corrected chi connectivity index (χ3v) is 3.83. The van der Waals surface area contributed by atoms with E-state index in [2.05, 4.69) is 58.5 Å². The Labute approximate surface area is 152 Å². The molecule has 23 heavy (non-hydrogen) atoms. The summed E-state index contributed by atoms with van der Waals surface area (Å²) < 4.78 is 12.1. The van der Waals surface area contributed by atoms with Crippen LogP contribution in [-0.2, 0) is 13.1 Å². The van der Waals surface area contributed by atoms with Gasteiger partial charge >= 0.3 is 0 Å². The van der Waals surface area contributed by atoms with Crippen LogP contribution in [-0.4, -0.2) is 13.7 Å². The SMILES string of the molecule is CCOc1c(CNCc2ccc(C)cc2)cc(Br)cc1OC.Cl. The summed E-state index contributed by atoms with van der Waals surface area (Å²) in [7, 11) is 1.66. The summed E-state index contributed by atoms with van der Waals surface area (Å²) in [6.45, 7) is 6.23. The number of ether oxygens (including phenoxy) is 2. The first kappa shape index (κ1) is 19.8. The van der Waals surface area contributed by atoms with Gasteiger partial charge in [0.2, 0.25) is 0 Å². The zero-order chi connectivity index (χ0) is 15.9. The topological polar surface area (TPSA) is 30.5 Å². The Balaban J connectivity index is 0.00000264. The first-order valence-corrected chi connectivity index (χ1v) is 8.18. The van der Waals surface area contributed by atoms with Crippen molar-refractivity contribution in [2.24, 2.45) is 0 Å². The van der Waals surface area contributed by atoms with Crippen LogP contribution in [0.2, 0.25) is 0 Å². The largest absolute Gasteiger partial charge is 0.493 e. The van der Waals surface area contributed by atoms with Crippen molar-refractivity contribution in [1.29, 1.82) is 0 Å². The average Bonchev–Trinajstić information content (AvgIpc) is 2.51. The Kier molecular flexibility index (Phi) is 8.45. The number of benzene rings is 2. The predicted molar refractivity (Wildman–Crippen MR) is 101 cm³/mol. The number of hydrogen-bond donors (Lipinski definition) is 1. The zero-order valence-corrected chi connectivity index (χ0v) is 16.1. The van der Waals surface area contributed by atoms with Gasteiger partial charge in [0.25, 0.3) is 0 Å². The summed E-state index contributed by atoms with van der Waals surface area (Å²) in [6, 6.07) is 12.5. The van der Waals surface area contributed by atoms with E-state index >= 15 is 0 Å². The monoisotopic (exact) mass is 399 g/mol. The van der Waals surface area contributed by atoms with Gasteiger partial charge in [0.05, 0.1) is 13.7 Å². The lowest BCUT2D eigenvalue weighted by atomic mass is 10.1. The highest BCUT2D eigenvalue weighted by Crippen LogP contribution is 2.34. The third-order valence-electron chi connectivity index (χ3n) is 3.37. The van der Waals surface area contributed by atoms with Crippen LogP contribution in [0.3, 0.4) is 0 Å². The minimum absolute atomic E-state index is 0. The summed E-state index contributed by atoms with van der Waals surface area (Å²) in [5.41, 5.74) is 3.63. The molecule has 3 nitrogen and oxygen atoms in total. The maximum atomic E-state index is 5.75. The van der Waals surface area contributed by atoms with Crippen molar-refractivity contribution in [2.75, 3.05) is 13.7 Å². The molecule has 0 aliphatic rings. The summed E-state index contributed by atoms with van der Waals surface area (Å²) in [6.07, 6.45) is 0.